The van der Waals surface area contributed by atoms with Crippen molar-refractivity contribution >= 4 is 47.6 Å². The van der Waals surface area contributed by atoms with Gasteiger partial charge in [0.1, 0.15) is 30.2 Å². The molecule has 3 heterocycles. The second-order valence-corrected chi connectivity index (χ2v) is 10.5. The van der Waals surface area contributed by atoms with E-state index in [-0.39, 0.29) is 12.4 Å². The highest BCUT2D eigenvalue weighted by Gasteiger charge is 2.71. The number of hydrogen-bond donors (Lipinski definition) is 1. The van der Waals surface area contributed by atoms with Crippen molar-refractivity contribution in [2.24, 2.45) is 0 Å². The lowest BCUT2D eigenvalue weighted by Crippen LogP contribution is -2.65. The first-order valence-electron chi connectivity index (χ1n) is 12.0. The zero-order valence-electron chi connectivity index (χ0n) is 22.5. The lowest BCUT2D eigenvalue weighted by Gasteiger charge is -2.45. The van der Waals surface area contributed by atoms with E-state index in [1.807, 2.05) is 0 Å². The predicted octanol–water partition coefficient (Wildman–Crippen LogP) is -0.168. The van der Waals surface area contributed by atoms with Gasteiger partial charge in [-0.15, -0.1) is 11.8 Å². The minimum absolute atomic E-state index is 0.102. The Morgan fingerprint density at radius 1 is 0.974 bits per heavy atom. The topological polar surface area (TPSA) is 182 Å². The van der Waals surface area contributed by atoms with Gasteiger partial charge in [0.2, 0.25) is 5.91 Å². The minimum Gasteiger partial charge on any atom is -0.463 e. The fraction of sp³-hybridized carbons (Fsp3) is 0.739. The summed E-state index contributed by atoms with van der Waals surface area (Å²) >= 11 is 0.995. The molecule has 0 aromatic carbocycles. The molecule has 3 saturated heterocycles. The number of fused-ring (bicyclic) bond motifs is 1. The molecule has 0 aromatic heterocycles. The van der Waals surface area contributed by atoms with Crippen molar-refractivity contribution in [1.82, 2.24) is 10.2 Å². The van der Waals surface area contributed by atoms with Crippen LogP contribution in [0.3, 0.4) is 0 Å². The Kier molecular flexibility index (Phi) is 9.02. The molecule has 218 valence electrons. The number of ether oxygens (including phenoxy) is 7. The third-order valence-electron chi connectivity index (χ3n) is 6.54. The van der Waals surface area contributed by atoms with E-state index in [4.69, 9.17) is 33.2 Å². The third kappa shape index (κ3) is 6.06. The van der Waals surface area contributed by atoms with Gasteiger partial charge in [-0.1, -0.05) is 0 Å². The third-order valence-corrected chi connectivity index (χ3v) is 7.78. The van der Waals surface area contributed by atoms with Crippen molar-refractivity contribution in [3.05, 3.63) is 0 Å². The van der Waals surface area contributed by atoms with Gasteiger partial charge >= 0.3 is 30.0 Å². The highest BCUT2D eigenvalue weighted by molar-refractivity contribution is 7.99. The standard InChI is InChI=1S/C23H32N2O13S/c1-10(26)24-16-18(35-13(4)29)17(34-12(3)28)15(8-33-11(2)27)36-20(16)39-9-14-19(30)37-22(5)23(6,32-7)38-21(31)25(14)22/h14-18,20H,8-9H2,1-7H3,(H,24,26)/t14-,15+,16+,17-,18+,20+,22+,23-/m0/s1. The first kappa shape index (κ1) is 30.4. The fourth-order valence-electron chi connectivity index (χ4n) is 4.63. The molecule has 3 aliphatic rings. The van der Waals surface area contributed by atoms with Gasteiger partial charge in [0.05, 0.1) is 0 Å². The van der Waals surface area contributed by atoms with Crippen molar-refractivity contribution in [2.75, 3.05) is 19.5 Å². The SMILES string of the molecule is CO[C@@]1(C)OC(=O)N2[C@@H](CS[C@H]3O[C@H](COC(C)=O)[C@H](OC(C)=O)[C@H](OC(C)=O)[C@H]3NC(C)=O)C(=O)O[C@@]21C. The summed E-state index contributed by atoms with van der Waals surface area (Å²) in [6, 6.07) is -2.20. The Hall–Kier alpha value is -3.11. The summed E-state index contributed by atoms with van der Waals surface area (Å²) in [6.07, 6.45) is -4.45. The van der Waals surface area contributed by atoms with Gasteiger partial charge in [-0.05, 0) is 0 Å². The largest absolute Gasteiger partial charge is 0.463 e. The molecule has 1 N–H and O–H groups in total. The molecule has 2 amide bonds. The second kappa shape index (κ2) is 11.6. The number of cyclic esters (lactones) is 1. The summed E-state index contributed by atoms with van der Waals surface area (Å²) in [5.41, 5.74) is -2.58. The molecule has 0 bridgehead atoms. The van der Waals surface area contributed by atoms with Crippen LogP contribution >= 0.6 is 11.8 Å². The van der Waals surface area contributed by atoms with Gasteiger partial charge in [-0.3, -0.25) is 19.2 Å². The van der Waals surface area contributed by atoms with Crippen LogP contribution in [-0.4, -0.2) is 108 Å². The van der Waals surface area contributed by atoms with E-state index in [0.717, 1.165) is 30.5 Å². The quantitative estimate of drug-likeness (QED) is 0.282. The number of hydrogen-bond acceptors (Lipinski definition) is 14. The smallest absolute Gasteiger partial charge is 0.416 e. The normalized spacial score (nSPS) is 35.4. The number of rotatable bonds is 9. The lowest BCUT2D eigenvalue weighted by atomic mass is 9.97. The predicted molar refractivity (Wildman–Crippen MR) is 128 cm³/mol. The molecule has 0 aromatic rings. The van der Waals surface area contributed by atoms with Crippen LogP contribution in [0, 0.1) is 0 Å². The summed E-state index contributed by atoms with van der Waals surface area (Å²) in [6.45, 7) is 7.24. The number of thioether (sulfide) groups is 1. The number of nitrogens with one attached hydrogen (secondary N) is 1. The van der Waals surface area contributed by atoms with E-state index >= 15 is 0 Å². The number of carbonyl (C=O) groups excluding carboxylic acids is 6. The zero-order valence-corrected chi connectivity index (χ0v) is 23.4. The molecule has 0 aliphatic carbocycles. The maximum atomic E-state index is 12.9. The monoisotopic (exact) mass is 576 g/mol. The molecule has 15 nitrogen and oxygen atoms in total. The van der Waals surface area contributed by atoms with Crippen LogP contribution in [0.2, 0.25) is 0 Å². The van der Waals surface area contributed by atoms with Crippen LogP contribution in [0.15, 0.2) is 0 Å². The lowest BCUT2D eigenvalue weighted by molar-refractivity contribution is -0.255. The molecule has 8 atom stereocenters. The van der Waals surface area contributed by atoms with Crippen LogP contribution in [0.4, 0.5) is 4.79 Å². The summed E-state index contributed by atoms with van der Waals surface area (Å²) in [4.78, 5) is 74.2. The van der Waals surface area contributed by atoms with Gasteiger partial charge in [-0.25, -0.2) is 14.5 Å². The van der Waals surface area contributed by atoms with E-state index < -0.39 is 83.2 Å². The first-order valence-corrected chi connectivity index (χ1v) is 13.0. The molecule has 16 heteroatoms. The Labute approximate surface area is 228 Å². The van der Waals surface area contributed by atoms with E-state index in [0.29, 0.717) is 0 Å². The molecule has 0 radical (unpaired) electrons. The first-order chi connectivity index (χ1) is 18.1. The van der Waals surface area contributed by atoms with Gasteiger partial charge in [-0.2, -0.15) is 0 Å². The van der Waals surface area contributed by atoms with Crippen molar-refractivity contribution in [3.8, 4) is 0 Å². The number of esters is 4. The van der Waals surface area contributed by atoms with Crippen LogP contribution in [0.25, 0.3) is 0 Å². The Morgan fingerprint density at radius 3 is 2.13 bits per heavy atom. The average molecular weight is 577 g/mol. The fourth-order valence-corrected chi connectivity index (χ4v) is 5.94. The molecule has 0 unspecified atom stereocenters. The van der Waals surface area contributed by atoms with Gasteiger partial charge in [0.25, 0.3) is 11.5 Å². The number of amides is 2. The van der Waals surface area contributed by atoms with Crippen LogP contribution in [0.1, 0.15) is 41.5 Å². The van der Waals surface area contributed by atoms with E-state index in [2.05, 4.69) is 5.32 Å². The zero-order chi connectivity index (χ0) is 29.3. The van der Waals surface area contributed by atoms with E-state index in [9.17, 15) is 28.8 Å². The minimum atomic E-state index is -1.56. The molecule has 3 aliphatic heterocycles. The average Bonchev–Trinajstić information content (AvgIpc) is 3.19. The van der Waals surface area contributed by atoms with Crippen LogP contribution in [0.5, 0.6) is 0 Å². The Bertz CT molecular complexity index is 1040. The van der Waals surface area contributed by atoms with Crippen molar-refractivity contribution in [1.29, 1.82) is 0 Å². The Morgan fingerprint density at radius 2 is 1.59 bits per heavy atom. The van der Waals surface area contributed by atoms with Crippen molar-refractivity contribution < 1.29 is 61.9 Å². The van der Waals surface area contributed by atoms with Gasteiger partial charge in [0, 0.05) is 54.4 Å². The summed E-state index contributed by atoms with van der Waals surface area (Å²) in [7, 11) is 1.31. The summed E-state index contributed by atoms with van der Waals surface area (Å²) < 4.78 is 38.2. The summed E-state index contributed by atoms with van der Waals surface area (Å²) in [5, 5.41) is 2.64. The molecule has 3 rings (SSSR count). The number of methoxy groups -OCH3 is 1. The number of carbonyl (C=O) groups is 6. The molecule has 39 heavy (non-hydrogen) atoms. The van der Waals surface area contributed by atoms with Gasteiger partial charge < -0.3 is 38.5 Å². The van der Waals surface area contributed by atoms with Crippen molar-refractivity contribution in [3.63, 3.8) is 0 Å². The Balaban J connectivity index is 1.92. The van der Waals surface area contributed by atoms with Gasteiger partial charge in [0.15, 0.2) is 12.2 Å². The number of nitrogens with zero attached hydrogens (tertiary/aromatic N) is 1. The second-order valence-electron chi connectivity index (χ2n) is 9.36. The molecule has 0 saturated carbocycles. The maximum absolute atomic E-state index is 12.9. The van der Waals surface area contributed by atoms with E-state index in [1.165, 1.54) is 34.8 Å². The molecule has 0 spiro atoms. The van der Waals surface area contributed by atoms with Crippen LogP contribution < -0.4 is 5.32 Å². The van der Waals surface area contributed by atoms with Crippen LogP contribution in [-0.2, 0) is 57.1 Å². The highest BCUT2D eigenvalue weighted by Crippen LogP contribution is 2.47. The molecule has 3 fully saturated rings. The highest BCUT2D eigenvalue weighted by atomic mass is 32.2. The van der Waals surface area contributed by atoms with Crippen molar-refractivity contribution in [2.45, 2.75) is 88.9 Å². The molecular weight excluding hydrogens is 544 g/mol. The summed E-state index contributed by atoms with van der Waals surface area (Å²) in [5.74, 6) is -5.01. The molecular formula is C23H32N2O13S. The van der Waals surface area contributed by atoms with E-state index in [1.54, 1.807) is 0 Å². The maximum Gasteiger partial charge on any atom is 0.416 e.